The molecule has 0 aliphatic carbocycles. The molecule has 3 heterocycles. The van der Waals surface area contributed by atoms with Gasteiger partial charge in [-0.15, -0.1) is 0 Å². The molecular weight excluding hydrogens is 306 g/mol. The van der Waals surface area contributed by atoms with Gasteiger partial charge in [0.05, 0.1) is 19.6 Å². The molecule has 2 aromatic rings. The van der Waals surface area contributed by atoms with E-state index in [1.54, 1.807) is 5.01 Å². The standard InChI is InChI=1S/C17H17N5O2/c1-10-13(17(23)24-2)8-22-15(10)16(19-9-20-22)21-12-4-3-11-5-6-18-14(11)7-12/h3-7,9,13,18H,8H2,1-2H3,(H,19,20,21). The number of carbonyl (C=O) groups is 1. The van der Waals surface area contributed by atoms with Gasteiger partial charge in [0.2, 0.25) is 0 Å². The molecule has 0 amide bonds. The topological polar surface area (TPSA) is 82.1 Å². The van der Waals surface area contributed by atoms with Crippen LogP contribution in [0.3, 0.4) is 0 Å². The second-order valence-electron chi connectivity index (χ2n) is 5.80. The van der Waals surface area contributed by atoms with Crippen molar-refractivity contribution in [1.82, 2.24) is 9.99 Å². The summed E-state index contributed by atoms with van der Waals surface area (Å²) in [4.78, 5) is 19.5. The van der Waals surface area contributed by atoms with E-state index >= 15 is 0 Å². The molecule has 1 atom stereocenters. The number of aliphatic imine (C=N–C) groups is 1. The molecule has 0 fully saturated rings. The van der Waals surface area contributed by atoms with E-state index < -0.39 is 0 Å². The number of nitrogens with zero attached hydrogens (tertiary/aromatic N) is 3. The Morgan fingerprint density at radius 1 is 1.42 bits per heavy atom. The summed E-state index contributed by atoms with van der Waals surface area (Å²) in [5.41, 5.74) is 3.71. The summed E-state index contributed by atoms with van der Waals surface area (Å²) in [7, 11) is 1.40. The summed E-state index contributed by atoms with van der Waals surface area (Å²) >= 11 is 0. The zero-order valence-electron chi connectivity index (χ0n) is 13.4. The molecule has 4 rings (SSSR count). The zero-order chi connectivity index (χ0) is 16.7. The van der Waals surface area contributed by atoms with Crippen molar-refractivity contribution in [3.05, 3.63) is 41.7 Å². The Kier molecular flexibility index (Phi) is 3.34. The van der Waals surface area contributed by atoms with Crippen LogP contribution >= 0.6 is 0 Å². The SMILES string of the molecule is COC(=O)C1CN2N=CN=C(Nc3ccc4cc[nH]c4c3)C2=C1C. The Hall–Kier alpha value is -3.09. The minimum Gasteiger partial charge on any atom is -0.469 e. The molecule has 0 saturated heterocycles. The lowest BCUT2D eigenvalue weighted by Crippen LogP contribution is -2.29. The number of hydrogen-bond acceptors (Lipinski definition) is 6. The van der Waals surface area contributed by atoms with Gasteiger partial charge in [0.15, 0.2) is 5.84 Å². The molecule has 122 valence electrons. The number of aromatic nitrogens is 1. The molecule has 2 N–H and O–H groups in total. The summed E-state index contributed by atoms with van der Waals surface area (Å²) in [6, 6.07) is 8.08. The van der Waals surface area contributed by atoms with Crippen LogP contribution < -0.4 is 5.32 Å². The summed E-state index contributed by atoms with van der Waals surface area (Å²) in [6.07, 6.45) is 3.40. The Bertz CT molecular complexity index is 909. The molecular formula is C17H17N5O2. The van der Waals surface area contributed by atoms with E-state index in [0.29, 0.717) is 12.4 Å². The Balaban J connectivity index is 1.66. The number of ether oxygens (including phenoxy) is 1. The van der Waals surface area contributed by atoms with Gasteiger partial charge in [-0.05, 0) is 36.1 Å². The Morgan fingerprint density at radius 2 is 2.29 bits per heavy atom. The van der Waals surface area contributed by atoms with E-state index in [1.165, 1.54) is 13.4 Å². The van der Waals surface area contributed by atoms with Crippen molar-refractivity contribution < 1.29 is 9.53 Å². The van der Waals surface area contributed by atoms with E-state index in [-0.39, 0.29) is 11.9 Å². The molecule has 0 radical (unpaired) electrons. The predicted octanol–water partition coefficient (Wildman–Crippen LogP) is 2.31. The monoisotopic (exact) mass is 323 g/mol. The number of benzene rings is 1. The second-order valence-corrected chi connectivity index (χ2v) is 5.80. The number of aromatic amines is 1. The van der Waals surface area contributed by atoms with Crippen LogP contribution in [0.5, 0.6) is 0 Å². The van der Waals surface area contributed by atoms with Gasteiger partial charge in [-0.3, -0.25) is 9.80 Å². The molecule has 0 bridgehead atoms. The lowest BCUT2D eigenvalue weighted by atomic mass is 10.0. The number of anilines is 1. The third kappa shape index (κ3) is 2.25. The molecule has 1 aromatic heterocycles. The van der Waals surface area contributed by atoms with Gasteiger partial charge in [-0.2, -0.15) is 5.10 Å². The maximum Gasteiger partial charge on any atom is 0.314 e. The van der Waals surface area contributed by atoms with E-state index in [4.69, 9.17) is 4.74 Å². The van der Waals surface area contributed by atoms with Crippen LogP contribution in [0.2, 0.25) is 0 Å². The summed E-state index contributed by atoms with van der Waals surface area (Å²) in [5, 5.41) is 10.5. The highest BCUT2D eigenvalue weighted by molar-refractivity contribution is 6.12. The number of esters is 1. The van der Waals surface area contributed by atoms with Crippen LogP contribution in [-0.2, 0) is 9.53 Å². The zero-order valence-corrected chi connectivity index (χ0v) is 13.4. The van der Waals surface area contributed by atoms with E-state index in [0.717, 1.165) is 27.9 Å². The average molecular weight is 323 g/mol. The van der Waals surface area contributed by atoms with Crippen molar-refractivity contribution in [3.63, 3.8) is 0 Å². The van der Waals surface area contributed by atoms with Crippen LogP contribution in [-0.4, -0.2) is 41.8 Å². The number of hydrazone groups is 1. The second kappa shape index (κ2) is 5.52. The van der Waals surface area contributed by atoms with Gasteiger partial charge in [-0.1, -0.05) is 6.07 Å². The predicted molar refractivity (Wildman–Crippen MR) is 92.8 cm³/mol. The maximum atomic E-state index is 12.0. The summed E-state index contributed by atoms with van der Waals surface area (Å²) in [6.45, 7) is 2.39. The first-order chi connectivity index (χ1) is 11.7. The molecule has 24 heavy (non-hydrogen) atoms. The quantitative estimate of drug-likeness (QED) is 0.831. The number of hydrogen-bond donors (Lipinski definition) is 2. The first kappa shape index (κ1) is 14.5. The minimum atomic E-state index is -0.321. The molecule has 0 spiro atoms. The van der Waals surface area contributed by atoms with Crippen molar-refractivity contribution in [2.24, 2.45) is 16.0 Å². The van der Waals surface area contributed by atoms with Crippen molar-refractivity contribution in [2.45, 2.75) is 6.92 Å². The fourth-order valence-electron chi connectivity index (χ4n) is 3.14. The summed E-state index contributed by atoms with van der Waals surface area (Å²) < 4.78 is 4.89. The molecule has 0 saturated carbocycles. The minimum absolute atomic E-state index is 0.253. The van der Waals surface area contributed by atoms with Crippen LogP contribution in [0, 0.1) is 5.92 Å². The van der Waals surface area contributed by atoms with E-state index in [1.807, 2.05) is 37.4 Å². The van der Waals surface area contributed by atoms with Gasteiger partial charge in [0, 0.05) is 17.4 Å². The number of amidine groups is 1. The lowest BCUT2D eigenvalue weighted by Gasteiger charge is -2.21. The number of methoxy groups -OCH3 is 1. The number of H-pyrrole nitrogens is 1. The highest BCUT2D eigenvalue weighted by atomic mass is 16.5. The summed E-state index contributed by atoms with van der Waals surface area (Å²) in [5.74, 6) is 0.106. The third-order valence-electron chi connectivity index (χ3n) is 4.42. The molecule has 1 aromatic carbocycles. The van der Waals surface area contributed by atoms with Gasteiger partial charge in [0.25, 0.3) is 0 Å². The highest BCUT2D eigenvalue weighted by Crippen LogP contribution is 2.32. The molecule has 1 unspecified atom stereocenters. The van der Waals surface area contributed by atoms with Crippen LogP contribution in [0.25, 0.3) is 10.9 Å². The molecule has 2 aliphatic rings. The van der Waals surface area contributed by atoms with Crippen molar-refractivity contribution in [3.8, 4) is 0 Å². The van der Waals surface area contributed by atoms with Crippen molar-refractivity contribution in [2.75, 3.05) is 19.0 Å². The number of nitrogens with one attached hydrogen (secondary N) is 2. The third-order valence-corrected chi connectivity index (χ3v) is 4.42. The Labute approximate surface area is 138 Å². The lowest BCUT2D eigenvalue weighted by molar-refractivity contribution is -0.144. The number of rotatable bonds is 2. The average Bonchev–Trinajstić information content (AvgIpc) is 3.19. The molecule has 7 nitrogen and oxygen atoms in total. The number of fused-ring (bicyclic) bond motifs is 2. The first-order valence-electron chi connectivity index (χ1n) is 7.68. The van der Waals surface area contributed by atoms with Gasteiger partial charge >= 0.3 is 5.97 Å². The van der Waals surface area contributed by atoms with E-state index in [2.05, 4.69) is 20.4 Å². The van der Waals surface area contributed by atoms with Gasteiger partial charge in [-0.25, -0.2) is 4.99 Å². The number of carbonyl (C=O) groups excluding carboxylic acids is 1. The van der Waals surface area contributed by atoms with Crippen LogP contribution in [0.4, 0.5) is 5.69 Å². The maximum absolute atomic E-state index is 12.0. The normalized spacial score (nSPS) is 19.5. The van der Waals surface area contributed by atoms with Crippen LogP contribution in [0.15, 0.2) is 51.8 Å². The molecule has 7 heteroatoms. The smallest absolute Gasteiger partial charge is 0.314 e. The Morgan fingerprint density at radius 3 is 3.12 bits per heavy atom. The fraction of sp³-hybridized carbons (Fsp3) is 0.235. The van der Waals surface area contributed by atoms with Crippen molar-refractivity contribution in [1.29, 1.82) is 0 Å². The van der Waals surface area contributed by atoms with Crippen molar-refractivity contribution >= 4 is 34.7 Å². The van der Waals surface area contributed by atoms with E-state index in [9.17, 15) is 4.79 Å². The highest BCUT2D eigenvalue weighted by Gasteiger charge is 2.37. The van der Waals surface area contributed by atoms with Crippen LogP contribution in [0.1, 0.15) is 6.92 Å². The molecule has 2 aliphatic heterocycles. The largest absolute Gasteiger partial charge is 0.469 e. The van der Waals surface area contributed by atoms with Gasteiger partial charge < -0.3 is 15.0 Å². The fourth-order valence-corrected chi connectivity index (χ4v) is 3.14. The van der Waals surface area contributed by atoms with Gasteiger partial charge in [0.1, 0.15) is 12.0 Å². The first-order valence-corrected chi connectivity index (χ1v) is 7.68.